The number of rotatable bonds is 6. The summed E-state index contributed by atoms with van der Waals surface area (Å²) in [6.07, 6.45) is 2.38. The molecule has 6 heteroatoms. The van der Waals surface area contributed by atoms with E-state index in [1.54, 1.807) is 18.2 Å². The van der Waals surface area contributed by atoms with Crippen molar-refractivity contribution in [1.29, 1.82) is 0 Å². The summed E-state index contributed by atoms with van der Waals surface area (Å²) in [6, 6.07) is 5.78. The Balaban J connectivity index is 1.85. The van der Waals surface area contributed by atoms with Gasteiger partial charge in [0.1, 0.15) is 0 Å². The Bertz CT molecular complexity index is 527. The number of benzene rings is 1. The Morgan fingerprint density at radius 2 is 2.27 bits per heavy atom. The molecule has 1 heterocycles. The first-order valence-corrected chi connectivity index (χ1v) is 9.28. The maximum Gasteiger partial charge on any atom is 0.233 e. The molecule has 2 rings (SSSR count). The molecule has 1 aromatic rings. The van der Waals surface area contributed by atoms with E-state index >= 15 is 0 Å². The summed E-state index contributed by atoms with van der Waals surface area (Å²) in [5.74, 6) is 0.0454. The Hall–Kier alpha value is -0.420. The predicted molar refractivity (Wildman–Crippen MR) is 95.1 cm³/mol. The lowest BCUT2D eigenvalue weighted by atomic mass is 10.2. The Morgan fingerprint density at radius 1 is 1.50 bits per heavy atom. The number of hydrogen-bond acceptors (Lipinski definition) is 3. The van der Waals surface area contributed by atoms with Gasteiger partial charge in [-0.05, 0) is 51.1 Å². The number of nitrogens with one attached hydrogen (secondary N) is 1. The van der Waals surface area contributed by atoms with Gasteiger partial charge in [-0.1, -0.05) is 30.1 Å². The van der Waals surface area contributed by atoms with Crippen LogP contribution in [-0.2, 0) is 4.79 Å². The van der Waals surface area contributed by atoms with Crippen molar-refractivity contribution < 1.29 is 4.79 Å². The molecule has 0 radical (unpaired) electrons. The van der Waals surface area contributed by atoms with Gasteiger partial charge in [-0.25, -0.2) is 0 Å². The number of halogens is 2. The number of likely N-dealkylation sites (N-methyl/N-ethyl adjacent to an activating group) is 1. The van der Waals surface area contributed by atoms with Crippen molar-refractivity contribution in [3.63, 3.8) is 0 Å². The molecule has 1 N–H and O–H groups in total. The van der Waals surface area contributed by atoms with Crippen LogP contribution >= 0.6 is 35.0 Å². The molecule has 0 bridgehead atoms. The average Bonchev–Trinajstić information content (AvgIpc) is 2.95. The average molecular weight is 361 g/mol. The molecule has 1 saturated heterocycles. The minimum Gasteiger partial charge on any atom is -0.354 e. The predicted octanol–water partition coefficient (Wildman–Crippen LogP) is 4.07. The van der Waals surface area contributed by atoms with Crippen LogP contribution in [0.3, 0.4) is 0 Å². The van der Waals surface area contributed by atoms with Crippen LogP contribution in [-0.4, -0.2) is 41.7 Å². The topological polar surface area (TPSA) is 32.3 Å². The molecule has 1 fully saturated rings. The zero-order valence-electron chi connectivity index (χ0n) is 12.9. The highest BCUT2D eigenvalue weighted by atomic mass is 35.5. The van der Waals surface area contributed by atoms with E-state index in [9.17, 15) is 4.79 Å². The van der Waals surface area contributed by atoms with Gasteiger partial charge in [-0.15, -0.1) is 11.8 Å². The third kappa shape index (κ3) is 4.79. The van der Waals surface area contributed by atoms with Crippen molar-refractivity contribution >= 4 is 40.9 Å². The summed E-state index contributed by atoms with van der Waals surface area (Å²) in [6.45, 7) is 6.96. The molecule has 0 aliphatic carbocycles. The van der Waals surface area contributed by atoms with Crippen molar-refractivity contribution in [2.75, 3.05) is 19.6 Å². The van der Waals surface area contributed by atoms with Gasteiger partial charge < -0.3 is 5.32 Å². The van der Waals surface area contributed by atoms with Crippen LogP contribution in [0.5, 0.6) is 0 Å². The zero-order chi connectivity index (χ0) is 16.1. The molecule has 1 aliphatic heterocycles. The largest absolute Gasteiger partial charge is 0.354 e. The number of thioether (sulfide) groups is 1. The molecule has 0 saturated carbocycles. The molecular weight excluding hydrogens is 339 g/mol. The van der Waals surface area contributed by atoms with Crippen molar-refractivity contribution in [2.24, 2.45) is 0 Å². The monoisotopic (exact) mass is 360 g/mol. The lowest BCUT2D eigenvalue weighted by molar-refractivity contribution is -0.120. The quantitative estimate of drug-likeness (QED) is 0.775. The standard InChI is InChI=1S/C16H22Cl2N2OS/c1-3-20-8-4-5-13(20)10-19-16(21)11(2)22-15-9-12(17)6-7-14(15)18/h6-7,9,11,13H,3-5,8,10H2,1-2H3,(H,19,21)/t11-,13+/m0/s1. The van der Waals surface area contributed by atoms with Gasteiger partial charge in [0.25, 0.3) is 0 Å². The maximum atomic E-state index is 12.3. The molecular formula is C16H22Cl2N2OS. The maximum absolute atomic E-state index is 12.3. The first-order valence-electron chi connectivity index (χ1n) is 7.64. The number of carbonyl (C=O) groups excluding carboxylic acids is 1. The molecule has 0 unspecified atom stereocenters. The Labute approximate surface area is 146 Å². The van der Waals surface area contributed by atoms with E-state index in [0.717, 1.165) is 31.0 Å². The highest BCUT2D eigenvalue weighted by Gasteiger charge is 2.24. The van der Waals surface area contributed by atoms with Crippen LogP contribution in [0.1, 0.15) is 26.7 Å². The third-order valence-electron chi connectivity index (χ3n) is 3.98. The van der Waals surface area contributed by atoms with Gasteiger partial charge in [-0.3, -0.25) is 9.69 Å². The normalized spacial score (nSPS) is 20.1. The molecule has 22 heavy (non-hydrogen) atoms. The minimum absolute atomic E-state index is 0.0454. The zero-order valence-corrected chi connectivity index (χ0v) is 15.3. The van der Waals surface area contributed by atoms with Gasteiger partial charge in [0.15, 0.2) is 0 Å². The Morgan fingerprint density at radius 3 is 3.00 bits per heavy atom. The summed E-state index contributed by atoms with van der Waals surface area (Å²) in [7, 11) is 0. The number of carbonyl (C=O) groups is 1. The summed E-state index contributed by atoms with van der Waals surface area (Å²) >= 11 is 13.6. The SMILES string of the molecule is CCN1CCC[C@@H]1CNC(=O)[C@H](C)Sc1cc(Cl)ccc1Cl. The van der Waals surface area contributed by atoms with Crippen molar-refractivity contribution in [1.82, 2.24) is 10.2 Å². The number of likely N-dealkylation sites (tertiary alicyclic amines) is 1. The van der Waals surface area contributed by atoms with E-state index in [4.69, 9.17) is 23.2 Å². The first-order chi connectivity index (χ1) is 10.5. The highest BCUT2D eigenvalue weighted by Crippen LogP contribution is 2.32. The van der Waals surface area contributed by atoms with Crippen LogP contribution in [0, 0.1) is 0 Å². The molecule has 1 aromatic carbocycles. The van der Waals surface area contributed by atoms with Crippen LogP contribution in [0.4, 0.5) is 0 Å². The molecule has 2 atom stereocenters. The third-order valence-corrected chi connectivity index (χ3v) is 5.82. The van der Waals surface area contributed by atoms with E-state index in [1.165, 1.54) is 18.2 Å². The summed E-state index contributed by atoms with van der Waals surface area (Å²) in [5.41, 5.74) is 0. The summed E-state index contributed by atoms with van der Waals surface area (Å²) in [5, 5.41) is 4.12. The summed E-state index contributed by atoms with van der Waals surface area (Å²) < 4.78 is 0. The molecule has 0 spiro atoms. The molecule has 1 amide bonds. The van der Waals surface area contributed by atoms with Crippen molar-refractivity contribution in [3.8, 4) is 0 Å². The van der Waals surface area contributed by atoms with Gasteiger partial charge in [0.05, 0.1) is 10.3 Å². The van der Waals surface area contributed by atoms with Gasteiger partial charge in [-0.2, -0.15) is 0 Å². The van der Waals surface area contributed by atoms with Crippen molar-refractivity contribution in [2.45, 2.75) is 42.9 Å². The molecule has 0 aromatic heterocycles. The van der Waals surface area contributed by atoms with E-state index in [0.29, 0.717) is 16.1 Å². The van der Waals surface area contributed by atoms with Crippen LogP contribution < -0.4 is 5.32 Å². The van der Waals surface area contributed by atoms with Gasteiger partial charge >= 0.3 is 0 Å². The molecule has 1 aliphatic rings. The van der Waals surface area contributed by atoms with E-state index in [1.807, 2.05) is 6.92 Å². The fourth-order valence-corrected chi connectivity index (χ4v) is 4.15. The van der Waals surface area contributed by atoms with Crippen LogP contribution in [0.15, 0.2) is 23.1 Å². The Kier molecular flexibility index (Phi) is 6.87. The van der Waals surface area contributed by atoms with E-state index < -0.39 is 0 Å². The lowest BCUT2D eigenvalue weighted by Gasteiger charge is -2.23. The first kappa shape index (κ1) is 17.9. The van der Waals surface area contributed by atoms with Crippen LogP contribution in [0.2, 0.25) is 10.0 Å². The minimum atomic E-state index is -0.201. The summed E-state index contributed by atoms with van der Waals surface area (Å²) in [4.78, 5) is 15.5. The second-order valence-corrected chi connectivity index (χ2v) is 7.73. The lowest BCUT2D eigenvalue weighted by Crippen LogP contribution is -2.42. The van der Waals surface area contributed by atoms with Gasteiger partial charge in [0, 0.05) is 22.5 Å². The second-order valence-electron chi connectivity index (χ2n) is 5.50. The van der Waals surface area contributed by atoms with Gasteiger partial charge in [0.2, 0.25) is 5.91 Å². The second kappa shape index (κ2) is 8.44. The van der Waals surface area contributed by atoms with Crippen molar-refractivity contribution in [3.05, 3.63) is 28.2 Å². The fourth-order valence-electron chi connectivity index (χ4n) is 2.72. The van der Waals surface area contributed by atoms with Crippen LogP contribution in [0.25, 0.3) is 0 Å². The van der Waals surface area contributed by atoms with E-state index in [2.05, 4.69) is 17.1 Å². The fraction of sp³-hybridized carbons (Fsp3) is 0.562. The molecule has 3 nitrogen and oxygen atoms in total. The highest BCUT2D eigenvalue weighted by molar-refractivity contribution is 8.00. The smallest absolute Gasteiger partial charge is 0.233 e. The number of amides is 1. The molecule has 122 valence electrons. The van der Waals surface area contributed by atoms with E-state index in [-0.39, 0.29) is 11.2 Å². The number of hydrogen-bond donors (Lipinski definition) is 1. The number of nitrogens with zero attached hydrogens (tertiary/aromatic N) is 1.